The first-order valence-corrected chi connectivity index (χ1v) is 9.29. The van der Waals surface area contributed by atoms with Crippen molar-refractivity contribution in [1.82, 2.24) is 15.1 Å². The van der Waals surface area contributed by atoms with Crippen LogP contribution >= 0.6 is 0 Å². The molecule has 0 atom stereocenters. The molecule has 3 aromatic rings. The Labute approximate surface area is 167 Å². The van der Waals surface area contributed by atoms with E-state index >= 15 is 0 Å². The van der Waals surface area contributed by atoms with E-state index in [0.717, 1.165) is 28.7 Å². The summed E-state index contributed by atoms with van der Waals surface area (Å²) in [7, 11) is 0. The third kappa shape index (κ3) is 4.85. The summed E-state index contributed by atoms with van der Waals surface area (Å²) in [4.78, 5) is 12.2. The van der Waals surface area contributed by atoms with Crippen LogP contribution in [0.5, 0.6) is 0 Å². The van der Waals surface area contributed by atoms with Gasteiger partial charge in [0, 0.05) is 18.7 Å². The van der Waals surface area contributed by atoms with Gasteiger partial charge in [0.05, 0.1) is 16.9 Å². The third-order valence-corrected chi connectivity index (χ3v) is 4.84. The molecule has 29 heavy (non-hydrogen) atoms. The van der Waals surface area contributed by atoms with Gasteiger partial charge >= 0.3 is 6.18 Å². The molecule has 2 aromatic carbocycles. The van der Waals surface area contributed by atoms with Gasteiger partial charge in [0.2, 0.25) is 5.91 Å². The summed E-state index contributed by atoms with van der Waals surface area (Å²) < 4.78 is 41.0. The number of benzene rings is 2. The number of alkyl halides is 3. The van der Waals surface area contributed by atoms with Crippen LogP contribution in [0.4, 0.5) is 13.2 Å². The van der Waals surface area contributed by atoms with Crippen molar-refractivity contribution in [2.24, 2.45) is 0 Å². The van der Waals surface area contributed by atoms with Crippen molar-refractivity contribution in [2.75, 3.05) is 0 Å². The third-order valence-electron chi connectivity index (χ3n) is 4.84. The van der Waals surface area contributed by atoms with Gasteiger partial charge in [0.25, 0.3) is 0 Å². The van der Waals surface area contributed by atoms with Crippen LogP contribution in [-0.2, 0) is 23.9 Å². The van der Waals surface area contributed by atoms with Crippen molar-refractivity contribution < 1.29 is 18.0 Å². The first-order valence-electron chi connectivity index (χ1n) is 9.29. The zero-order valence-electron chi connectivity index (χ0n) is 16.3. The van der Waals surface area contributed by atoms with E-state index < -0.39 is 11.7 Å². The van der Waals surface area contributed by atoms with Gasteiger partial charge in [-0.2, -0.15) is 18.3 Å². The highest BCUT2D eigenvalue weighted by atomic mass is 19.4. The lowest BCUT2D eigenvalue weighted by molar-refractivity contribution is -0.138. The smallest absolute Gasteiger partial charge is 0.352 e. The van der Waals surface area contributed by atoms with Crippen LogP contribution in [-0.4, -0.2) is 15.7 Å². The minimum absolute atomic E-state index is 0.0533. The Balaban J connectivity index is 1.63. The van der Waals surface area contributed by atoms with Gasteiger partial charge in [-0.1, -0.05) is 36.4 Å². The van der Waals surface area contributed by atoms with E-state index in [1.807, 2.05) is 48.9 Å². The maximum absolute atomic E-state index is 13.1. The molecule has 7 heteroatoms. The fourth-order valence-electron chi connectivity index (χ4n) is 3.33. The van der Waals surface area contributed by atoms with Gasteiger partial charge in [-0.25, -0.2) is 4.68 Å². The van der Waals surface area contributed by atoms with Crippen LogP contribution < -0.4 is 5.32 Å². The lowest BCUT2D eigenvalue weighted by atomic mass is 10.1. The number of aryl methyl sites for hydroxylation is 1. The molecule has 0 saturated heterocycles. The zero-order chi connectivity index (χ0) is 21.0. The highest BCUT2D eigenvalue weighted by Gasteiger charge is 2.32. The molecule has 0 radical (unpaired) electrons. The number of carbonyl (C=O) groups excluding carboxylic acids is 1. The predicted molar refractivity (Wildman–Crippen MR) is 105 cm³/mol. The first kappa shape index (κ1) is 20.6. The van der Waals surface area contributed by atoms with E-state index in [4.69, 9.17) is 0 Å². The molecule has 152 valence electrons. The standard InChI is InChI=1S/C22H22F3N3O/c1-15-19(16(2)28(27-15)18-9-4-3-5-10-18)12-13-21(29)26-14-17-8-6-7-11-20(17)22(23,24)25/h3-11H,12-14H2,1-2H3,(H,26,29). The normalized spacial score (nSPS) is 11.5. The number of halogens is 3. The Kier molecular flexibility index (Phi) is 6.06. The van der Waals surface area contributed by atoms with Gasteiger partial charge in [-0.15, -0.1) is 0 Å². The zero-order valence-corrected chi connectivity index (χ0v) is 16.3. The van der Waals surface area contributed by atoms with E-state index in [1.165, 1.54) is 18.2 Å². The number of nitrogens with one attached hydrogen (secondary N) is 1. The molecule has 1 heterocycles. The maximum Gasteiger partial charge on any atom is 0.416 e. The van der Waals surface area contributed by atoms with E-state index in [9.17, 15) is 18.0 Å². The van der Waals surface area contributed by atoms with Crippen LogP contribution in [0.2, 0.25) is 0 Å². The van der Waals surface area contributed by atoms with E-state index in [0.29, 0.717) is 6.42 Å². The Morgan fingerprint density at radius 2 is 1.69 bits per heavy atom. The van der Waals surface area contributed by atoms with Crippen molar-refractivity contribution in [1.29, 1.82) is 0 Å². The molecule has 0 aliphatic rings. The number of hydrogen-bond donors (Lipinski definition) is 1. The van der Waals surface area contributed by atoms with Gasteiger partial charge in [-0.3, -0.25) is 4.79 Å². The van der Waals surface area contributed by atoms with Crippen LogP contribution in [0.3, 0.4) is 0 Å². The van der Waals surface area contributed by atoms with Crippen molar-refractivity contribution in [3.63, 3.8) is 0 Å². The molecule has 1 aromatic heterocycles. The second kappa shape index (κ2) is 8.51. The molecule has 3 rings (SSSR count). The molecule has 0 unspecified atom stereocenters. The fraction of sp³-hybridized carbons (Fsp3) is 0.273. The number of carbonyl (C=O) groups is 1. The predicted octanol–water partition coefficient (Wildman–Crippen LogP) is 4.76. The number of aromatic nitrogens is 2. The molecule has 1 amide bonds. The molecular weight excluding hydrogens is 379 g/mol. The van der Waals surface area contributed by atoms with E-state index in [2.05, 4.69) is 10.4 Å². The molecular formula is C22H22F3N3O. The van der Waals surface area contributed by atoms with Gasteiger partial charge in [-0.05, 0) is 49.6 Å². The minimum Gasteiger partial charge on any atom is -0.352 e. The molecule has 0 aliphatic carbocycles. The van der Waals surface area contributed by atoms with Crippen molar-refractivity contribution >= 4 is 5.91 Å². The van der Waals surface area contributed by atoms with Crippen molar-refractivity contribution in [3.05, 3.63) is 82.7 Å². The number of para-hydroxylation sites is 1. The summed E-state index contributed by atoms with van der Waals surface area (Å²) in [6.45, 7) is 3.68. The molecule has 0 bridgehead atoms. The summed E-state index contributed by atoms with van der Waals surface area (Å²) in [5.41, 5.74) is 3.02. The van der Waals surface area contributed by atoms with E-state index in [-0.39, 0.29) is 24.4 Å². The lowest BCUT2D eigenvalue weighted by Gasteiger charge is -2.13. The highest BCUT2D eigenvalue weighted by molar-refractivity contribution is 5.76. The molecule has 4 nitrogen and oxygen atoms in total. The van der Waals surface area contributed by atoms with Gasteiger partial charge in [0.15, 0.2) is 0 Å². The summed E-state index contributed by atoms with van der Waals surface area (Å²) in [6, 6.07) is 15.0. The summed E-state index contributed by atoms with van der Waals surface area (Å²) in [5, 5.41) is 7.14. The quantitative estimate of drug-likeness (QED) is 0.648. The largest absolute Gasteiger partial charge is 0.416 e. The van der Waals surface area contributed by atoms with Crippen LogP contribution in [0, 0.1) is 13.8 Å². The van der Waals surface area contributed by atoms with Gasteiger partial charge in [0.1, 0.15) is 0 Å². The molecule has 0 spiro atoms. The SMILES string of the molecule is Cc1nn(-c2ccccc2)c(C)c1CCC(=O)NCc1ccccc1C(F)(F)F. The monoisotopic (exact) mass is 401 g/mol. The van der Waals surface area contributed by atoms with Crippen molar-refractivity contribution in [3.8, 4) is 5.69 Å². The second-order valence-electron chi connectivity index (χ2n) is 6.83. The minimum atomic E-state index is -4.44. The summed E-state index contributed by atoms with van der Waals surface area (Å²) in [5.74, 6) is -0.298. The number of amides is 1. The Bertz CT molecular complexity index is 994. The maximum atomic E-state index is 13.1. The summed E-state index contributed by atoms with van der Waals surface area (Å²) in [6.07, 6.45) is -3.80. The Hall–Kier alpha value is -3.09. The Morgan fingerprint density at radius 1 is 1.03 bits per heavy atom. The lowest BCUT2D eigenvalue weighted by Crippen LogP contribution is -2.24. The number of hydrogen-bond acceptors (Lipinski definition) is 2. The average Bonchev–Trinajstić information content (AvgIpc) is 2.98. The first-order chi connectivity index (χ1) is 13.8. The summed E-state index contributed by atoms with van der Waals surface area (Å²) >= 11 is 0. The number of nitrogens with zero attached hydrogens (tertiary/aromatic N) is 2. The Morgan fingerprint density at radius 3 is 2.38 bits per heavy atom. The van der Waals surface area contributed by atoms with E-state index in [1.54, 1.807) is 0 Å². The molecule has 0 fully saturated rings. The molecule has 0 aliphatic heterocycles. The van der Waals surface area contributed by atoms with Crippen LogP contribution in [0.15, 0.2) is 54.6 Å². The van der Waals surface area contributed by atoms with Crippen molar-refractivity contribution in [2.45, 2.75) is 39.4 Å². The highest BCUT2D eigenvalue weighted by Crippen LogP contribution is 2.31. The topological polar surface area (TPSA) is 46.9 Å². The second-order valence-corrected chi connectivity index (χ2v) is 6.83. The van der Waals surface area contributed by atoms with Crippen LogP contribution in [0.25, 0.3) is 5.69 Å². The molecule has 0 saturated carbocycles. The molecule has 1 N–H and O–H groups in total. The number of rotatable bonds is 6. The average molecular weight is 401 g/mol. The fourth-order valence-corrected chi connectivity index (χ4v) is 3.33. The van der Waals surface area contributed by atoms with Crippen LogP contribution in [0.1, 0.15) is 34.5 Å². The van der Waals surface area contributed by atoms with Gasteiger partial charge < -0.3 is 5.32 Å².